The Morgan fingerprint density at radius 1 is 1.11 bits per heavy atom. The largest absolute Gasteiger partial charge is 0.117 e. The van der Waals surface area contributed by atoms with Crippen LogP contribution >= 0.6 is 11.6 Å². The number of hydrogen-bond acceptors (Lipinski definition) is 0. The molecule has 1 aliphatic carbocycles. The molecule has 0 N–H and O–H groups in total. The van der Waals surface area contributed by atoms with Gasteiger partial charge in [0.05, 0.1) is 5.38 Å². The quantitative estimate of drug-likeness (QED) is 0.640. The molecular formula is C17H19Cl. The van der Waals surface area contributed by atoms with Crippen LogP contribution in [0, 0.1) is 18.8 Å². The van der Waals surface area contributed by atoms with Gasteiger partial charge in [0.1, 0.15) is 0 Å². The molecule has 2 aromatic rings. The third-order valence-electron chi connectivity index (χ3n) is 4.29. The number of rotatable bonds is 3. The van der Waals surface area contributed by atoms with Crippen molar-refractivity contribution in [3.05, 3.63) is 47.5 Å². The molecule has 0 aliphatic heterocycles. The molecule has 1 fully saturated rings. The molecule has 2 atom stereocenters. The average molecular weight is 259 g/mol. The van der Waals surface area contributed by atoms with Gasteiger partial charge in [0.2, 0.25) is 0 Å². The van der Waals surface area contributed by atoms with Crippen molar-refractivity contribution in [2.24, 2.45) is 11.8 Å². The molecule has 0 aromatic heterocycles. The molecule has 1 aliphatic rings. The molecule has 0 radical (unpaired) electrons. The Kier molecular flexibility index (Phi) is 3.07. The van der Waals surface area contributed by atoms with Crippen LogP contribution in [0.25, 0.3) is 10.8 Å². The summed E-state index contributed by atoms with van der Waals surface area (Å²) in [5, 5.41) is 2.76. The first-order valence-electron chi connectivity index (χ1n) is 6.81. The van der Waals surface area contributed by atoms with Gasteiger partial charge in [-0.3, -0.25) is 0 Å². The molecule has 0 spiro atoms. The monoisotopic (exact) mass is 258 g/mol. The molecule has 18 heavy (non-hydrogen) atoms. The van der Waals surface area contributed by atoms with E-state index >= 15 is 0 Å². The summed E-state index contributed by atoms with van der Waals surface area (Å²) in [5.74, 6) is 1.42. The van der Waals surface area contributed by atoms with E-state index in [-0.39, 0.29) is 5.38 Å². The molecule has 3 rings (SSSR count). The van der Waals surface area contributed by atoms with Crippen LogP contribution < -0.4 is 0 Å². The van der Waals surface area contributed by atoms with Gasteiger partial charge in [0, 0.05) is 0 Å². The van der Waals surface area contributed by atoms with Gasteiger partial charge in [0.15, 0.2) is 0 Å². The number of hydrogen-bond donors (Lipinski definition) is 0. The summed E-state index contributed by atoms with van der Waals surface area (Å²) in [4.78, 5) is 0. The summed E-state index contributed by atoms with van der Waals surface area (Å²) in [7, 11) is 0. The van der Waals surface area contributed by atoms with E-state index < -0.39 is 0 Å². The minimum Gasteiger partial charge on any atom is -0.117 e. The molecule has 0 heterocycles. The highest BCUT2D eigenvalue weighted by Crippen LogP contribution is 2.47. The van der Waals surface area contributed by atoms with Crippen molar-refractivity contribution in [2.45, 2.75) is 32.1 Å². The zero-order chi connectivity index (χ0) is 12.7. The third kappa shape index (κ3) is 2.03. The van der Waals surface area contributed by atoms with Gasteiger partial charge >= 0.3 is 0 Å². The predicted molar refractivity (Wildman–Crippen MR) is 79.2 cm³/mol. The number of halogens is 1. The van der Waals surface area contributed by atoms with E-state index in [1.54, 1.807) is 0 Å². The van der Waals surface area contributed by atoms with Crippen molar-refractivity contribution >= 4 is 22.4 Å². The lowest BCUT2D eigenvalue weighted by Gasteiger charge is -2.21. The van der Waals surface area contributed by atoms with E-state index in [0.717, 1.165) is 5.92 Å². The SMILES string of the molecule is Cc1ccc2ccccc2c1C(Cl)C(C)C1CC1. The second-order valence-electron chi connectivity index (χ2n) is 5.62. The smallest absolute Gasteiger partial charge is 0.0622 e. The highest BCUT2D eigenvalue weighted by Gasteiger charge is 2.34. The maximum absolute atomic E-state index is 6.78. The van der Waals surface area contributed by atoms with Gasteiger partial charge in [-0.2, -0.15) is 0 Å². The summed E-state index contributed by atoms with van der Waals surface area (Å²) < 4.78 is 0. The summed E-state index contributed by atoms with van der Waals surface area (Å²) in [6.07, 6.45) is 2.71. The summed E-state index contributed by atoms with van der Waals surface area (Å²) in [6, 6.07) is 13.0. The molecule has 2 aromatic carbocycles. The van der Waals surface area contributed by atoms with Gasteiger partial charge in [0.25, 0.3) is 0 Å². The standard InChI is InChI=1S/C17H19Cl/c1-11-7-8-14-5-3-4-6-15(14)16(11)17(18)12(2)13-9-10-13/h3-8,12-13,17H,9-10H2,1-2H3. The molecule has 0 saturated heterocycles. The van der Waals surface area contributed by atoms with Gasteiger partial charge in [-0.25, -0.2) is 0 Å². The molecule has 94 valence electrons. The van der Waals surface area contributed by atoms with E-state index in [4.69, 9.17) is 11.6 Å². The van der Waals surface area contributed by atoms with Crippen molar-refractivity contribution in [3.8, 4) is 0 Å². The first-order valence-corrected chi connectivity index (χ1v) is 7.24. The van der Waals surface area contributed by atoms with Crippen molar-refractivity contribution in [2.75, 3.05) is 0 Å². The molecular weight excluding hydrogens is 240 g/mol. The van der Waals surface area contributed by atoms with Crippen LogP contribution in [0.1, 0.15) is 36.3 Å². The van der Waals surface area contributed by atoms with Gasteiger partial charge in [-0.15, -0.1) is 11.6 Å². The van der Waals surface area contributed by atoms with Crippen LogP contribution in [0.2, 0.25) is 0 Å². The highest BCUT2D eigenvalue weighted by molar-refractivity contribution is 6.22. The predicted octanol–water partition coefficient (Wildman–Crippen LogP) is 5.47. The zero-order valence-corrected chi connectivity index (χ0v) is 11.7. The minimum absolute atomic E-state index is 0.142. The van der Waals surface area contributed by atoms with E-state index in [1.807, 2.05) is 0 Å². The summed E-state index contributed by atoms with van der Waals surface area (Å²) >= 11 is 6.78. The van der Waals surface area contributed by atoms with Crippen molar-refractivity contribution in [1.82, 2.24) is 0 Å². The van der Waals surface area contributed by atoms with Crippen molar-refractivity contribution < 1.29 is 0 Å². The first-order chi connectivity index (χ1) is 8.68. The first kappa shape index (κ1) is 12.0. The topological polar surface area (TPSA) is 0 Å². The second kappa shape index (κ2) is 4.59. The highest BCUT2D eigenvalue weighted by atomic mass is 35.5. The van der Waals surface area contributed by atoms with Gasteiger partial charge < -0.3 is 0 Å². The Bertz CT molecular complexity index is 569. The van der Waals surface area contributed by atoms with Crippen LogP contribution in [0.3, 0.4) is 0 Å². The normalized spacial score (nSPS) is 18.8. The average Bonchev–Trinajstić information content (AvgIpc) is 3.21. The maximum Gasteiger partial charge on any atom is 0.0622 e. The number of aryl methyl sites for hydroxylation is 1. The Hall–Kier alpha value is -1.01. The lowest BCUT2D eigenvalue weighted by Crippen LogP contribution is -2.08. The van der Waals surface area contributed by atoms with Gasteiger partial charge in [-0.05, 0) is 53.5 Å². The Balaban J connectivity index is 2.11. The fraction of sp³-hybridized carbons (Fsp3) is 0.412. The lowest BCUT2D eigenvalue weighted by molar-refractivity contribution is 0.492. The Labute approximate surface area is 114 Å². The van der Waals surface area contributed by atoms with E-state index in [0.29, 0.717) is 5.92 Å². The fourth-order valence-corrected chi connectivity index (χ4v) is 3.39. The molecule has 0 bridgehead atoms. The van der Waals surface area contributed by atoms with Crippen LogP contribution in [0.15, 0.2) is 36.4 Å². The van der Waals surface area contributed by atoms with E-state index in [9.17, 15) is 0 Å². The molecule has 0 amide bonds. The number of alkyl halides is 1. The molecule has 1 saturated carbocycles. The van der Waals surface area contributed by atoms with E-state index in [2.05, 4.69) is 50.2 Å². The maximum atomic E-state index is 6.78. The third-order valence-corrected chi connectivity index (χ3v) is 4.91. The Morgan fingerprint density at radius 3 is 2.56 bits per heavy atom. The second-order valence-corrected chi connectivity index (χ2v) is 6.09. The molecule has 0 nitrogen and oxygen atoms in total. The lowest BCUT2D eigenvalue weighted by atomic mass is 9.89. The fourth-order valence-electron chi connectivity index (χ4n) is 2.89. The Morgan fingerprint density at radius 2 is 1.83 bits per heavy atom. The minimum atomic E-state index is 0.142. The number of fused-ring (bicyclic) bond motifs is 1. The molecule has 2 unspecified atom stereocenters. The van der Waals surface area contributed by atoms with Crippen LogP contribution in [-0.4, -0.2) is 0 Å². The van der Waals surface area contributed by atoms with Crippen LogP contribution in [0.4, 0.5) is 0 Å². The summed E-state index contributed by atoms with van der Waals surface area (Å²) in [6.45, 7) is 4.48. The van der Waals surface area contributed by atoms with Crippen molar-refractivity contribution in [3.63, 3.8) is 0 Å². The van der Waals surface area contributed by atoms with Crippen molar-refractivity contribution in [1.29, 1.82) is 0 Å². The summed E-state index contributed by atoms with van der Waals surface area (Å²) in [5.41, 5.74) is 2.66. The van der Waals surface area contributed by atoms with Gasteiger partial charge in [-0.1, -0.05) is 43.3 Å². The van der Waals surface area contributed by atoms with E-state index in [1.165, 1.54) is 34.7 Å². The zero-order valence-electron chi connectivity index (χ0n) is 11.0. The van der Waals surface area contributed by atoms with Crippen LogP contribution in [0.5, 0.6) is 0 Å². The molecule has 1 heteroatoms. The number of benzene rings is 2. The van der Waals surface area contributed by atoms with Crippen LogP contribution in [-0.2, 0) is 0 Å².